The third kappa shape index (κ3) is 5.01. The van der Waals surface area contributed by atoms with Gasteiger partial charge in [-0.1, -0.05) is 23.7 Å². The van der Waals surface area contributed by atoms with E-state index in [1.807, 2.05) is 24.3 Å². The number of halogens is 2. The Morgan fingerprint density at radius 2 is 1.88 bits per heavy atom. The first-order valence-electron chi connectivity index (χ1n) is 8.27. The van der Waals surface area contributed by atoms with E-state index in [2.05, 4.69) is 10.2 Å². The van der Waals surface area contributed by atoms with Crippen molar-refractivity contribution in [2.45, 2.75) is 6.42 Å². The summed E-state index contributed by atoms with van der Waals surface area (Å²) in [5.41, 5.74) is 2.14. The van der Waals surface area contributed by atoms with Gasteiger partial charge in [-0.15, -0.1) is 0 Å². The molecule has 6 heteroatoms. The van der Waals surface area contributed by atoms with E-state index in [1.54, 1.807) is 0 Å². The van der Waals surface area contributed by atoms with Crippen molar-refractivity contribution in [2.75, 3.05) is 38.2 Å². The molecule has 1 fully saturated rings. The molecule has 1 amide bonds. The highest BCUT2D eigenvalue weighted by atomic mass is 35.5. The van der Waals surface area contributed by atoms with Crippen LogP contribution in [0.2, 0.25) is 5.02 Å². The smallest absolute Gasteiger partial charge is 0.257 e. The Morgan fingerprint density at radius 3 is 2.56 bits per heavy atom. The molecule has 0 aromatic heterocycles. The van der Waals surface area contributed by atoms with E-state index in [0.717, 1.165) is 45.3 Å². The fourth-order valence-corrected chi connectivity index (χ4v) is 2.99. The van der Waals surface area contributed by atoms with Gasteiger partial charge in [-0.3, -0.25) is 9.69 Å². The molecular formula is C19H20ClFN2O2. The lowest BCUT2D eigenvalue weighted by molar-refractivity contribution is 0.0384. The molecule has 1 aliphatic rings. The van der Waals surface area contributed by atoms with Crippen molar-refractivity contribution in [3.8, 4) is 0 Å². The molecule has 0 atom stereocenters. The van der Waals surface area contributed by atoms with Crippen molar-refractivity contribution >= 4 is 23.2 Å². The largest absolute Gasteiger partial charge is 0.379 e. The summed E-state index contributed by atoms with van der Waals surface area (Å²) < 4.78 is 18.4. The van der Waals surface area contributed by atoms with E-state index >= 15 is 0 Å². The van der Waals surface area contributed by atoms with Gasteiger partial charge in [0.05, 0.1) is 23.8 Å². The number of hydrogen-bond donors (Lipinski definition) is 1. The number of ether oxygens (including phenoxy) is 1. The van der Waals surface area contributed by atoms with Gasteiger partial charge >= 0.3 is 0 Å². The standard InChI is InChI=1S/C19H20ClFN2O2/c20-18-13-15(21)3-6-17(18)19(24)22-16-4-1-14(2-5-16)7-8-23-9-11-25-12-10-23/h1-6,13H,7-12H2,(H,22,24). The molecule has 3 rings (SSSR count). The monoisotopic (exact) mass is 362 g/mol. The molecule has 0 radical (unpaired) electrons. The second-order valence-corrected chi connectivity index (χ2v) is 6.39. The van der Waals surface area contributed by atoms with Gasteiger partial charge in [0.25, 0.3) is 5.91 Å². The summed E-state index contributed by atoms with van der Waals surface area (Å²) in [6.45, 7) is 4.56. The van der Waals surface area contributed by atoms with Gasteiger partial charge in [-0.25, -0.2) is 4.39 Å². The van der Waals surface area contributed by atoms with Gasteiger partial charge in [-0.05, 0) is 42.3 Å². The van der Waals surface area contributed by atoms with Crippen LogP contribution >= 0.6 is 11.6 Å². The predicted molar refractivity (Wildman–Crippen MR) is 96.8 cm³/mol. The molecule has 0 bridgehead atoms. The van der Waals surface area contributed by atoms with Crippen LogP contribution in [0.5, 0.6) is 0 Å². The number of rotatable bonds is 5. The Labute approximate surface area is 151 Å². The first kappa shape index (κ1) is 17.9. The minimum atomic E-state index is -0.467. The van der Waals surface area contributed by atoms with E-state index < -0.39 is 5.82 Å². The molecular weight excluding hydrogens is 343 g/mol. The SMILES string of the molecule is O=C(Nc1ccc(CCN2CCOCC2)cc1)c1ccc(F)cc1Cl. The van der Waals surface area contributed by atoms with E-state index in [9.17, 15) is 9.18 Å². The molecule has 1 heterocycles. The zero-order chi connectivity index (χ0) is 17.6. The second kappa shape index (κ2) is 8.43. The lowest BCUT2D eigenvalue weighted by Crippen LogP contribution is -2.37. The van der Waals surface area contributed by atoms with Gasteiger partial charge < -0.3 is 10.1 Å². The number of carbonyl (C=O) groups excluding carboxylic acids is 1. The molecule has 1 aliphatic heterocycles. The van der Waals surface area contributed by atoms with E-state index in [0.29, 0.717) is 5.69 Å². The summed E-state index contributed by atoms with van der Waals surface area (Å²) >= 11 is 5.92. The fraction of sp³-hybridized carbons (Fsp3) is 0.316. The number of nitrogens with one attached hydrogen (secondary N) is 1. The van der Waals surface area contributed by atoms with Crippen LogP contribution in [0.3, 0.4) is 0 Å². The van der Waals surface area contributed by atoms with Crippen molar-refractivity contribution < 1.29 is 13.9 Å². The summed E-state index contributed by atoms with van der Waals surface area (Å²) in [6, 6.07) is 11.5. The molecule has 25 heavy (non-hydrogen) atoms. The Kier molecular flexibility index (Phi) is 6.02. The average molecular weight is 363 g/mol. The molecule has 2 aromatic carbocycles. The molecule has 4 nitrogen and oxygen atoms in total. The fourth-order valence-electron chi connectivity index (χ4n) is 2.74. The summed E-state index contributed by atoms with van der Waals surface area (Å²) in [5, 5.41) is 2.88. The lowest BCUT2D eigenvalue weighted by atomic mass is 10.1. The normalized spacial score (nSPS) is 15.1. The number of morpholine rings is 1. The second-order valence-electron chi connectivity index (χ2n) is 5.98. The zero-order valence-electron chi connectivity index (χ0n) is 13.8. The minimum absolute atomic E-state index is 0.0969. The van der Waals surface area contributed by atoms with Gasteiger partial charge in [0, 0.05) is 25.3 Å². The summed E-state index contributed by atoms with van der Waals surface area (Å²) in [7, 11) is 0. The van der Waals surface area contributed by atoms with E-state index in [-0.39, 0.29) is 16.5 Å². The van der Waals surface area contributed by atoms with Crippen LogP contribution in [0.15, 0.2) is 42.5 Å². The average Bonchev–Trinajstić information content (AvgIpc) is 2.62. The molecule has 1 N–H and O–H groups in total. The number of nitrogens with zero attached hydrogens (tertiary/aromatic N) is 1. The van der Waals surface area contributed by atoms with Gasteiger partial charge in [0.15, 0.2) is 0 Å². The Balaban J connectivity index is 1.55. The maximum Gasteiger partial charge on any atom is 0.257 e. The Morgan fingerprint density at radius 1 is 1.16 bits per heavy atom. The maximum atomic E-state index is 13.1. The van der Waals surface area contributed by atoms with Crippen molar-refractivity contribution in [2.24, 2.45) is 0 Å². The van der Waals surface area contributed by atoms with Gasteiger partial charge in [-0.2, -0.15) is 0 Å². The summed E-state index contributed by atoms with van der Waals surface area (Å²) in [6.07, 6.45) is 0.956. The molecule has 0 aliphatic carbocycles. The topological polar surface area (TPSA) is 41.6 Å². The molecule has 1 saturated heterocycles. The van der Waals surface area contributed by atoms with E-state index in [1.165, 1.54) is 17.7 Å². The number of hydrogen-bond acceptors (Lipinski definition) is 3. The van der Waals surface area contributed by atoms with Crippen LogP contribution < -0.4 is 5.32 Å². The third-order valence-corrected chi connectivity index (χ3v) is 4.52. The van der Waals surface area contributed by atoms with Crippen molar-refractivity contribution in [3.63, 3.8) is 0 Å². The highest BCUT2D eigenvalue weighted by molar-refractivity contribution is 6.34. The highest BCUT2D eigenvalue weighted by Crippen LogP contribution is 2.19. The molecule has 0 saturated carbocycles. The Bertz CT molecular complexity index is 731. The summed E-state index contributed by atoms with van der Waals surface area (Å²) in [4.78, 5) is 14.6. The quantitative estimate of drug-likeness (QED) is 0.883. The predicted octanol–water partition coefficient (Wildman–Crippen LogP) is 3.61. The van der Waals surface area contributed by atoms with Crippen molar-refractivity contribution in [1.29, 1.82) is 0 Å². The molecule has 2 aromatic rings. The number of carbonyl (C=O) groups is 1. The van der Waals surface area contributed by atoms with Crippen LogP contribution in [0, 0.1) is 5.82 Å². The molecule has 0 spiro atoms. The molecule has 0 unspecified atom stereocenters. The van der Waals surface area contributed by atoms with Crippen LogP contribution in [-0.4, -0.2) is 43.7 Å². The number of amides is 1. The van der Waals surface area contributed by atoms with Crippen LogP contribution in [0.1, 0.15) is 15.9 Å². The van der Waals surface area contributed by atoms with Gasteiger partial charge in [0.1, 0.15) is 5.82 Å². The van der Waals surface area contributed by atoms with Crippen LogP contribution in [0.4, 0.5) is 10.1 Å². The number of benzene rings is 2. The minimum Gasteiger partial charge on any atom is -0.379 e. The Hall–Kier alpha value is -1.95. The van der Waals surface area contributed by atoms with Crippen LogP contribution in [0.25, 0.3) is 0 Å². The lowest BCUT2D eigenvalue weighted by Gasteiger charge is -2.26. The first-order chi connectivity index (χ1) is 12.1. The first-order valence-corrected chi connectivity index (χ1v) is 8.65. The van der Waals surface area contributed by atoms with Crippen molar-refractivity contribution in [1.82, 2.24) is 4.90 Å². The van der Waals surface area contributed by atoms with E-state index in [4.69, 9.17) is 16.3 Å². The van der Waals surface area contributed by atoms with Crippen molar-refractivity contribution in [3.05, 3.63) is 64.4 Å². The third-order valence-electron chi connectivity index (χ3n) is 4.21. The highest BCUT2D eigenvalue weighted by Gasteiger charge is 2.12. The van der Waals surface area contributed by atoms with Gasteiger partial charge in [0.2, 0.25) is 0 Å². The maximum absolute atomic E-state index is 13.1. The van der Waals surface area contributed by atoms with Crippen LogP contribution in [-0.2, 0) is 11.2 Å². The number of anilines is 1. The molecule has 132 valence electrons. The zero-order valence-corrected chi connectivity index (χ0v) is 14.6. The summed E-state index contributed by atoms with van der Waals surface area (Å²) in [5.74, 6) is -0.822.